The molecule has 0 aliphatic rings. The molecule has 0 spiro atoms. The van der Waals surface area contributed by atoms with Crippen molar-refractivity contribution in [2.45, 2.75) is 19.6 Å². The minimum Gasteiger partial charge on any atom is -0.389 e. The number of hydrogen-bond donors (Lipinski definition) is 1. The Morgan fingerprint density at radius 3 is 3.00 bits per heavy atom. The summed E-state index contributed by atoms with van der Waals surface area (Å²) in [6, 6.07) is 0. The van der Waals surface area contributed by atoms with Gasteiger partial charge in [0.25, 0.3) is 0 Å². The predicted octanol–water partition coefficient (Wildman–Crippen LogP) is 0.951. The SMILES string of the molecule is CCOC[C@H](O)Cn1cc(Br)c([N+](=O)[O-])n1. The maximum absolute atomic E-state index is 10.5. The minimum absolute atomic E-state index is 0.159. The summed E-state index contributed by atoms with van der Waals surface area (Å²) in [4.78, 5) is 9.92. The number of nitro groups is 1. The summed E-state index contributed by atoms with van der Waals surface area (Å²) in [6.45, 7) is 2.68. The second-order valence-corrected chi connectivity index (χ2v) is 3.95. The lowest BCUT2D eigenvalue weighted by molar-refractivity contribution is -0.390. The van der Waals surface area contributed by atoms with Crippen LogP contribution in [-0.2, 0) is 11.3 Å². The Bertz CT molecular complexity index is 368. The Hall–Kier alpha value is -0.990. The average Bonchev–Trinajstić information content (AvgIpc) is 2.56. The summed E-state index contributed by atoms with van der Waals surface area (Å²) in [7, 11) is 0. The van der Waals surface area contributed by atoms with E-state index in [4.69, 9.17) is 4.74 Å². The van der Waals surface area contributed by atoms with E-state index < -0.39 is 11.0 Å². The summed E-state index contributed by atoms with van der Waals surface area (Å²) in [5.41, 5.74) is 0. The predicted molar refractivity (Wildman–Crippen MR) is 59.1 cm³/mol. The first kappa shape index (κ1) is 13.1. The molecular formula is C8H12BrN3O4. The molecule has 0 fully saturated rings. The van der Waals surface area contributed by atoms with E-state index in [1.807, 2.05) is 6.92 Å². The van der Waals surface area contributed by atoms with Gasteiger partial charge in [0.05, 0.1) is 30.6 Å². The van der Waals surface area contributed by atoms with Crippen molar-refractivity contribution in [1.82, 2.24) is 9.78 Å². The summed E-state index contributed by atoms with van der Waals surface area (Å²) < 4.78 is 6.62. The molecule has 8 heteroatoms. The number of aliphatic hydroxyl groups excluding tert-OH is 1. The van der Waals surface area contributed by atoms with Crippen molar-refractivity contribution >= 4 is 21.7 Å². The van der Waals surface area contributed by atoms with Crippen LogP contribution in [0.3, 0.4) is 0 Å². The van der Waals surface area contributed by atoms with Crippen LogP contribution in [0.5, 0.6) is 0 Å². The molecule has 1 atom stereocenters. The number of hydrogen-bond acceptors (Lipinski definition) is 5. The number of nitrogens with zero attached hydrogens (tertiary/aromatic N) is 3. The second-order valence-electron chi connectivity index (χ2n) is 3.09. The Labute approximate surface area is 100 Å². The van der Waals surface area contributed by atoms with Crippen LogP contribution in [0.25, 0.3) is 0 Å². The third-order valence-corrected chi connectivity index (χ3v) is 2.34. The van der Waals surface area contributed by atoms with E-state index in [0.29, 0.717) is 11.1 Å². The quantitative estimate of drug-likeness (QED) is 0.623. The van der Waals surface area contributed by atoms with Gasteiger partial charge in [-0.2, -0.15) is 4.68 Å². The summed E-state index contributed by atoms with van der Waals surface area (Å²) in [6.07, 6.45) is 0.721. The topological polar surface area (TPSA) is 90.4 Å². The van der Waals surface area contributed by atoms with Crippen molar-refractivity contribution in [1.29, 1.82) is 0 Å². The standard InChI is InChI=1S/C8H12BrN3O4/c1-2-16-5-6(13)3-11-4-7(9)8(10-11)12(14)15/h4,6,13H,2-3,5H2,1H3/t6-/m1/s1. The fraction of sp³-hybridized carbons (Fsp3) is 0.625. The molecule has 0 radical (unpaired) electrons. The van der Waals surface area contributed by atoms with E-state index in [9.17, 15) is 15.2 Å². The van der Waals surface area contributed by atoms with Crippen LogP contribution < -0.4 is 0 Å². The van der Waals surface area contributed by atoms with Crippen LogP contribution in [0.4, 0.5) is 5.82 Å². The third-order valence-electron chi connectivity index (χ3n) is 1.78. The Morgan fingerprint density at radius 1 is 1.81 bits per heavy atom. The van der Waals surface area contributed by atoms with Gasteiger partial charge in [0, 0.05) is 6.61 Å². The number of halogens is 1. The lowest BCUT2D eigenvalue weighted by atomic mass is 10.4. The van der Waals surface area contributed by atoms with Crippen molar-refractivity contribution in [2.24, 2.45) is 0 Å². The smallest absolute Gasteiger partial charge is 0.389 e. The molecule has 7 nitrogen and oxygen atoms in total. The number of ether oxygens (including phenoxy) is 1. The van der Waals surface area contributed by atoms with E-state index >= 15 is 0 Å². The fourth-order valence-corrected chi connectivity index (χ4v) is 1.59. The molecule has 1 aromatic rings. The lowest BCUT2D eigenvalue weighted by Gasteiger charge is -2.07. The van der Waals surface area contributed by atoms with Gasteiger partial charge in [-0.3, -0.25) is 0 Å². The second kappa shape index (κ2) is 5.92. The molecule has 0 aromatic carbocycles. The molecule has 90 valence electrons. The molecule has 0 saturated carbocycles. The Morgan fingerprint density at radius 2 is 2.50 bits per heavy atom. The van der Waals surface area contributed by atoms with Crippen molar-refractivity contribution in [3.05, 3.63) is 20.8 Å². The first-order valence-electron chi connectivity index (χ1n) is 4.67. The van der Waals surface area contributed by atoms with E-state index in [2.05, 4.69) is 21.0 Å². The maximum atomic E-state index is 10.5. The average molecular weight is 294 g/mol. The first-order valence-corrected chi connectivity index (χ1v) is 5.47. The Kier molecular flexibility index (Phi) is 4.84. The van der Waals surface area contributed by atoms with Crippen LogP contribution in [0.15, 0.2) is 10.7 Å². The molecule has 0 saturated heterocycles. The van der Waals surface area contributed by atoms with Gasteiger partial charge in [-0.1, -0.05) is 0 Å². The van der Waals surface area contributed by atoms with Crippen molar-refractivity contribution in [2.75, 3.05) is 13.2 Å². The Balaban J connectivity index is 2.60. The van der Waals surface area contributed by atoms with Gasteiger partial charge < -0.3 is 20.0 Å². The minimum atomic E-state index is -0.730. The highest BCUT2D eigenvalue weighted by atomic mass is 79.9. The molecule has 0 aliphatic heterocycles. The summed E-state index contributed by atoms with van der Waals surface area (Å²) in [5, 5.41) is 23.7. The molecule has 1 heterocycles. The van der Waals surface area contributed by atoms with Gasteiger partial charge in [0.2, 0.25) is 0 Å². The highest BCUT2D eigenvalue weighted by Gasteiger charge is 2.19. The van der Waals surface area contributed by atoms with Crippen LogP contribution >= 0.6 is 15.9 Å². The van der Waals surface area contributed by atoms with Crippen molar-refractivity contribution < 1.29 is 14.8 Å². The molecule has 16 heavy (non-hydrogen) atoms. The molecule has 0 unspecified atom stereocenters. The van der Waals surface area contributed by atoms with Gasteiger partial charge in [-0.25, -0.2) is 0 Å². The van der Waals surface area contributed by atoms with Crippen molar-refractivity contribution in [3.63, 3.8) is 0 Å². The molecule has 1 rings (SSSR count). The van der Waals surface area contributed by atoms with Gasteiger partial charge in [0.1, 0.15) is 4.47 Å². The molecule has 0 bridgehead atoms. The van der Waals surface area contributed by atoms with Gasteiger partial charge >= 0.3 is 5.82 Å². The monoisotopic (exact) mass is 293 g/mol. The summed E-state index contributed by atoms with van der Waals surface area (Å²) in [5.74, 6) is -0.261. The van der Waals surface area contributed by atoms with Crippen LogP contribution in [0.1, 0.15) is 6.92 Å². The van der Waals surface area contributed by atoms with Crippen molar-refractivity contribution in [3.8, 4) is 0 Å². The molecule has 1 aromatic heterocycles. The zero-order chi connectivity index (χ0) is 12.1. The molecular weight excluding hydrogens is 282 g/mol. The maximum Gasteiger partial charge on any atom is 0.404 e. The van der Waals surface area contributed by atoms with Crippen LogP contribution in [0.2, 0.25) is 0 Å². The third kappa shape index (κ3) is 3.54. The zero-order valence-corrected chi connectivity index (χ0v) is 10.3. The zero-order valence-electron chi connectivity index (χ0n) is 8.67. The summed E-state index contributed by atoms with van der Waals surface area (Å²) >= 11 is 3.02. The van der Waals surface area contributed by atoms with E-state index in [-0.39, 0.29) is 19.0 Å². The normalized spacial score (nSPS) is 12.7. The van der Waals surface area contributed by atoms with E-state index in [1.54, 1.807) is 0 Å². The van der Waals surface area contributed by atoms with Gasteiger partial charge in [0.15, 0.2) is 0 Å². The van der Waals surface area contributed by atoms with E-state index in [1.165, 1.54) is 10.9 Å². The lowest BCUT2D eigenvalue weighted by Crippen LogP contribution is -2.22. The highest BCUT2D eigenvalue weighted by Crippen LogP contribution is 2.21. The largest absolute Gasteiger partial charge is 0.404 e. The number of aliphatic hydroxyl groups is 1. The highest BCUT2D eigenvalue weighted by molar-refractivity contribution is 9.10. The fourth-order valence-electron chi connectivity index (χ4n) is 1.13. The van der Waals surface area contributed by atoms with Gasteiger partial charge in [-0.05, 0) is 27.8 Å². The van der Waals surface area contributed by atoms with E-state index in [0.717, 1.165) is 0 Å². The van der Waals surface area contributed by atoms with Gasteiger partial charge in [-0.15, -0.1) is 0 Å². The molecule has 0 amide bonds. The number of aromatic nitrogens is 2. The molecule has 0 aliphatic carbocycles. The number of rotatable bonds is 6. The first-order chi connectivity index (χ1) is 7.54. The molecule has 1 N–H and O–H groups in total. The van der Waals surface area contributed by atoms with Crippen LogP contribution in [-0.4, -0.2) is 39.1 Å². The van der Waals surface area contributed by atoms with Crippen LogP contribution in [0, 0.1) is 10.1 Å².